The van der Waals surface area contributed by atoms with Gasteiger partial charge in [0.15, 0.2) is 0 Å². The smallest absolute Gasteiger partial charge is 0.545 e. The third-order valence-corrected chi connectivity index (χ3v) is 3.75. The standard InChI is InChI=1S/3C8H5NO2.Fe/c3*9-5-6-1-3-7(4-2-6)8(10)11;/h3*1-4H,(H,10,11);/q;;;+3/p-3. The molecule has 3 aromatic rings. The fourth-order valence-corrected chi connectivity index (χ4v) is 2.04. The molecule has 3 aromatic carbocycles. The summed E-state index contributed by atoms with van der Waals surface area (Å²) in [6, 6.07) is 22.3. The molecule has 167 valence electrons. The van der Waals surface area contributed by atoms with Crippen molar-refractivity contribution in [1.82, 2.24) is 0 Å². The van der Waals surface area contributed by atoms with E-state index in [0.717, 1.165) is 0 Å². The Kier molecular flexibility index (Phi) is 12.8. The van der Waals surface area contributed by atoms with Crippen LogP contribution in [-0.4, -0.2) is 17.9 Å². The van der Waals surface area contributed by atoms with E-state index in [1.165, 1.54) is 72.8 Å². The largest absolute Gasteiger partial charge is 3.00 e. The van der Waals surface area contributed by atoms with Gasteiger partial charge in [0.2, 0.25) is 0 Å². The third kappa shape index (κ3) is 9.91. The topological polar surface area (TPSA) is 192 Å². The molecule has 1 radical (unpaired) electrons. The quantitative estimate of drug-likeness (QED) is 0.442. The van der Waals surface area contributed by atoms with E-state index < -0.39 is 17.9 Å². The van der Waals surface area contributed by atoms with Crippen LogP contribution in [0.25, 0.3) is 0 Å². The van der Waals surface area contributed by atoms with Crippen molar-refractivity contribution in [2.75, 3.05) is 0 Å². The summed E-state index contributed by atoms with van der Waals surface area (Å²) in [5.74, 6) is -3.68. The summed E-state index contributed by atoms with van der Waals surface area (Å²) in [5, 5.41) is 55.7. The van der Waals surface area contributed by atoms with Crippen molar-refractivity contribution in [2.45, 2.75) is 0 Å². The normalized spacial score (nSPS) is 8.38. The van der Waals surface area contributed by atoms with E-state index >= 15 is 0 Å². The van der Waals surface area contributed by atoms with Gasteiger partial charge in [-0.25, -0.2) is 0 Å². The molecule has 0 heterocycles. The maximum atomic E-state index is 10.2. The zero-order chi connectivity index (χ0) is 24.8. The average Bonchev–Trinajstić information content (AvgIpc) is 2.84. The summed E-state index contributed by atoms with van der Waals surface area (Å²) >= 11 is 0. The molecule has 0 amide bonds. The Labute approximate surface area is 204 Å². The van der Waals surface area contributed by atoms with Gasteiger partial charge in [0.05, 0.1) is 52.8 Å². The number of nitrogens with zero attached hydrogens (tertiary/aromatic N) is 3. The SMILES string of the molecule is N#Cc1ccc(C(=O)[O-])cc1.N#Cc1ccc(C(=O)[O-])cc1.N#Cc1ccc(C(=O)[O-])cc1.[Fe+3]. The Bertz CT molecular complexity index is 1090. The van der Waals surface area contributed by atoms with Crippen molar-refractivity contribution in [1.29, 1.82) is 15.8 Å². The van der Waals surface area contributed by atoms with E-state index in [2.05, 4.69) is 0 Å². The number of rotatable bonds is 3. The number of hydrogen-bond acceptors (Lipinski definition) is 9. The minimum Gasteiger partial charge on any atom is -0.545 e. The van der Waals surface area contributed by atoms with E-state index in [1.54, 1.807) is 0 Å². The molecule has 0 N–H and O–H groups in total. The Hall–Kier alpha value is -4.94. The molecule has 0 unspecified atom stereocenters. The van der Waals surface area contributed by atoms with Crippen molar-refractivity contribution in [3.8, 4) is 18.2 Å². The van der Waals surface area contributed by atoms with E-state index in [9.17, 15) is 29.7 Å². The van der Waals surface area contributed by atoms with E-state index in [1.807, 2.05) is 18.2 Å². The number of hydrogen-bond donors (Lipinski definition) is 0. The first-order valence-corrected chi connectivity index (χ1v) is 8.86. The molecular weight excluding hydrogens is 482 g/mol. The number of aromatic carboxylic acids is 3. The molecule has 0 aliphatic carbocycles. The summed E-state index contributed by atoms with van der Waals surface area (Å²) in [7, 11) is 0. The Morgan fingerprint density at radius 2 is 0.647 bits per heavy atom. The summed E-state index contributed by atoms with van der Waals surface area (Å²) in [6.07, 6.45) is 0. The van der Waals surface area contributed by atoms with Crippen LogP contribution in [0, 0.1) is 34.0 Å². The minimum absolute atomic E-state index is 0. The first kappa shape index (κ1) is 29.1. The molecule has 0 saturated heterocycles. The van der Waals surface area contributed by atoms with Gasteiger partial charge in [-0.1, -0.05) is 36.4 Å². The predicted octanol–water partition coefficient (Wildman–Crippen LogP) is -0.237. The van der Waals surface area contributed by atoms with Crippen LogP contribution in [0.15, 0.2) is 72.8 Å². The second-order valence-corrected chi connectivity index (χ2v) is 5.93. The van der Waals surface area contributed by atoms with E-state index in [-0.39, 0.29) is 33.8 Å². The van der Waals surface area contributed by atoms with Gasteiger partial charge in [-0.3, -0.25) is 0 Å². The number of carboxylic acids is 3. The second kappa shape index (κ2) is 15.0. The monoisotopic (exact) mass is 494 g/mol. The maximum Gasteiger partial charge on any atom is 3.00 e. The molecule has 0 atom stereocenters. The zero-order valence-electron chi connectivity index (χ0n) is 17.1. The third-order valence-electron chi connectivity index (χ3n) is 3.75. The van der Waals surface area contributed by atoms with Crippen molar-refractivity contribution < 1.29 is 46.8 Å². The van der Waals surface area contributed by atoms with Gasteiger partial charge in [0.25, 0.3) is 0 Å². The van der Waals surface area contributed by atoms with Crippen LogP contribution in [0.1, 0.15) is 47.8 Å². The summed E-state index contributed by atoms with van der Waals surface area (Å²) in [4.78, 5) is 30.6. The summed E-state index contributed by atoms with van der Waals surface area (Å²) < 4.78 is 0. The van der Waals surface area contributed by atoms with Crippen LogP contribution in [-0.2, 0) is 17.1 Å². The van der Waals surface area contributed by atoms with Crippen molar-refractivity contribution in [3.05, 3.63) is 106 Å². The van der Waals surface area contributed by atoms with Gasteiger partial charge < -0.3 is 29.7 Å². The number of nitriles is 3. The molecule has 10 heteroatoms. The Morgan fingerprint density at radius 3 is 0.765 bits per heavy atom. The van der Waals surface area contributed by atoms with Crippen LogP contribution in [0.3, 0.4) is 0 Å². The molecule has 9 nitrogen and oxygen atoms in total. The summed E-state index contributed by atoms with van der Waals surface area (Å²) in [6.45, 7) is 0. The fourth-order valence-electron chi connectivity index (χ4n) is 2.04. The van der Waals surface area contributed by atoms with Crippen LogP contribution < -0.4 is 15.3 Å². The molecule has 0 spiro atoms. The Morgan fingerprint density at radius 1 is 0.471 bits per heavy atom. The molecule has 0 aliphatic rings. The van der Waals surface area contributed by atoms with Gasteiger partial charge >= 0.3 is 17.1 Å². The van der Waals surface area contributed by atoms with Crippen molar-refractivity contribution >= 4 is 17.9 Å². The van der Waals surface area contributed by atoms with Crippen molar-refractivity contribution in [3.63, 3.8) is 0 Å². The first-order valence-electron chi connectivity index (χ1n) is 8.86. The van der Waals surface area contributed by atoms with Crippen LogP contribution in [0.2, 0.25) is 0 Å². The number of carboxylic acid groups (broad SMARTS) is 3. The summed E-state index contributed by atoms with van der Waals surface area (Å²) in [5.41, 5.74) is 1.58. The first-order chi connectivity index (χ1) is 15.7. The molecular formula is C24H12FeN3O6. The number of carbonyl (C=O) groups is 3. The van der Waals surface area contributed by atoms with Gasteiger partial charge in [-0.2, -0.15) is 15.8 Å². The van der Waals surface area contributed by atoms with Gasteiger partial charge in [0.1, 0.15) is 0 Å². The molecule has 0 fully saturated rings. The second-order valence-electron chi connectivity index (χ2n) is 5.93. The molecule has 0 bridgehead atoms. The van der Waals surface area contributed by atoms with Gasteiger partial charge in [-0.05, 0) is 53.1 Å². The molecule has 0 aliphatic heterocycles. The fraction of sp³-hybridized carbons (Fsp3) is 0. The van der Waals surface area contributed by atoms with E-state index in [0.29, 0.717) is 16.7 Å². The zero-order valence-corrected chi connectivity index (χ0v) is 18.2. The molecule has 0 aromatic heterocycles. The molecule has 34 heavy (non-hydrogen) atoms. The van der Waals surface area contributed by atoms with Crippen LogP contribution >= 0.6 is 0 Å². The van der Waals surface area contributed by atoms with Gasteiger partial charge in [-0.15, -0.1) is 0 Å². The van der Waals surface area contributed by atoms with Crippen LogP contribution in [0.4, 0.5) is 0 Å². The van der Waals surface area contributed by atoms with Gasteiger partial charge in [0, 0.05) is 0 Å². The number of carbonyl (C=O) groups excluding carboxylic acids is 3. The number of benzene rings is 3. The maximum absolute atomic E-state index is 10.2. The van der Waals surface area contributed by atoms with E-state index in [4.69, 9.17) is 15.8 Å². The molecule has 3 rings (SSSR count). The van der Waals surface area contributed by atoms with Crippen molar-refractivity contribution in [2.24, 2.45) is 0 Å². The Balaban J connectivity index is 0.000000473. The average molecular weight is 494 g/mol. The van der Waals surface area contributed by atoms with Crippen LogP contribution in [0.5, 0.6) is 0 Å². The predicted molar refractivity (Wildman–Crippen MR) is 106 cm³/mol. The minimum atomic E-state index is -1.23. The molecule has 0 saturated carbocycles.